The van der Waals surface area contributed by atoms with Crippen molar-refractivity contribution in [2.24, 2.45) is 5.41 Å². The van der Waals surface area contributed by atoms with Gasteiger partial charge in [-0.2, -0.15) is 0 Å². The molecule has 0 unspecified atom stereocenters. The van der Waals surface area contributed by atoms with Gasteiger partial charge >= 0.3 is 0 Å². The first kappa shape index (κ1) is 18.8. The van der Waals surface area contributed by atoms with Crippen molar-refractivity contribution in [3.63, 3.8) is 0 Å². The predicted octanol–water partition coefficient (Wildman–Crippen LogP) is 6.03. The lowest BCUT2D eigenvalue weighted by Gasteiger charge is -2.34. The summed E-state index contributed by atoms with van der Waals surface area (Å²) in [6.07, 6.45) is 5.81. The number of aryl methyl sites for hydroxylation is 2. The van der Waals surface area contributed by atoms with Crippen LogP contribution in [-0.2, 0) is 0 Å². The highest BCUT2D eigenvalue weighted by atomic mass is 28.3. The standard InChI is InChI=1S/C22H33NSi/c1-16-11-10-12-17(2)21(16)19-13-18(14-22(3,4)5)20(15-23(19)6)24(7,8)9/h10-13,15H,6,14H2,1-5,7-9H3. The van der Waals surface area contributed by atoms with E-state index in [1.807, 2.05) is 0 Å². The van der Waals surface area contributed by atoms with Crippen LogP contribution in [0.5, 0.6) is 0 Å². The quantitative estimate of drug-likeness (QED) is 0.359. The molecule has 0 spiro atoms. The smallest absolute Gasteiger partial charge is 0.147 e. The summed E-state index contributed by atoms with van der Waals surface area (Å²) in [5, 5.41) is 1.53. The summed E-state index contributed by atoms with van der Waals surface area (Å²) in [7, 11) is -1.42. The molecule has 2 heteroatoms. The summed E-state index contributed by atoms with van der Waals surface area (Å²) in [5.74, 6) is 0. The molecular weight excluding hydrogens is 306 g/mol. The second-order valence-electron chi connectivity index (χ2n) is 9.32. The zero-order chi connectivity index (χ0) is 18.3. The van der Waals surface area contributed by atoms with Crippen LogP contribution in [-0.4, -0.2) is 19.4 Å². The van der Waals surface area contributed by atoms with Gasteiger partial charge in [-0.1, -0.05) is 89.2 Å². The maximum atomic E-state index is 4.33. The van der Waals surface area contributed by atoms with Gasteiger partial charge in [0.25, 0.3) is 0 Å². The Morgan fingerprint density at radius 2 is 1.62 bits per heavy atom. The minimum Gasteiger partial charge on any atom is -0.255 e. The van der Waals surface area contributed by atoms with Crippen molar-refractivity contribution >= 4 is 14.8 Å². The summed E-state index contributed by atoms with van der Waals surface area (Å²) in [4.78, 5) is 0. The highest BCUT2D eigenvalue weighted by molar-refractivity contribution is 6.84. The second-order valence-corrected chi connectivity index (χ2v) is 14.4. The Morgan fingerprint density at radius 1 is 1.08 bits per heavy atom. The van der Waals surface area contributed by atoms with E-state index < -0.39 is 8.07 Å². The van der Waals surface area contributed by atoms with Crippen LogP contribution >= 0.6 is 0 Å². The van der Waals surface area contributed by atoms with Crippen molar-refractivity contribution in [3.8, 4) is 0 Å². The van der Waals surface area contributed by atoms with Crippen LogP contribution < -0.4 is 0 Å². The molecule has 0 saturated carbocycles. The molecule has 130 valence electrons. The molecule has 24 heavy (non-hydrogen) atoms. The molecule has 0 atom stereocenters. The molecule has 2 rings (SSSR count). The molecule has 1 aliphatic rings. The SMILES string of the molecule is C=[N+]1C=C([Si](C)(C)C)C(CC(C)(C)C)=C[C-]1c1c(C)cccc1C. The van der Waals surface area contributed by atoms with E-state index in [1.54, 1.807) is 0 Å². The summed E-state index contributed by atoms with van der Waals surface area (Å²) in [6.45, 7) is 23.0. The van der Waals surface area contributed by atoms with Crippen LogP contribution in [0.2, 0.25) is 19.6 Å². The van der Waals surface area contributed by atoms with Gasteiger partial charge in [0.05, 0.1) is 14.8 Å². The van der Waals surface area contributed by atoms with Gasteiger partial charge in [0.2, 0.25) is 0 Å². The first-order valence-corrected chi connectivity index (χ1v) is 12.4. The van der Waals surface area contributed by atoms with Crippen molar-refractivity contribution in [1.29, 1.82) is 0 Å². The third-order valence-corrected chi connectivity index (χ3v) is 6.58. The summed E-state index contributed by atoms with van der Waals surface area (Å²) >= 11 is 0. The van der Waals surface area contributed by atoms with Gasteiger partial charge in [0.1, 0.15) is 12.2 Å². The Bertz CT molecular complexity index is 688. The monoisotopic (exact) mass is 339 g/mol. The average molecular weight is 340 g/mol. The molecule has 0 saturated heterocycles. The van der Waals surface area contributed by atoms with Gasteiger partial charge in [-0.25, -0.2) is 0 Å². The highest BCUT2D eigenvalue weighted by Crippen LogP contribution is 2.39. The number of nitrogens with zero attached hydrogens (tertiary/aromatic N) is 1. The third kappa shape index (κ3) is 4.10. The largest absolute Gasteiger partial charge is 0.255 e. The summed E-state index contributed by atoms with van der Waals surface area (Å²) in [6, 6.07) is 7.75. The van der Waals surface area contributed by atoms with E-state index in [0.29, 0.717) is 0 Å². The van der Waals surface area contributed by atoms with E-state index in [9.17, 15) is 0 Å². The maximum absolute atomic E-state index is 4.33. The van der Waals surface area contributed by atoms with Crippen molar-refractivity contribution in [3.05, 3.63) is 64.0 Å². The van der Waals surface area contributed by atoms with Crippen molar-refractivity contribution in [1.82, 2.24) is 0 Å². The molecule has 1 nitrogen and oxygen atoms in total. The zero-order valence-corrected chi connectivity index (χ0v) is 17.7. The topological polar surface area (TPSA) is 3.01 Å². The van der Waals surface area contributed by atoms with Crippen LogP contribution in [0, 0.1) is 25.3 Å². The molecule has 1 heterocycles. The molecule has 0 bridgehead atoms. The minimum absolute atomic E-state index is 0.278. The van der Waals surface area contributed by atoms with Gasteiger partial charge in [-0.3, -0.25) is 4.58 Å². The fourth-order valence-electron chi connectivity index (χ4n) is 3.46. The van der Waals surface area contributed by atoms with E-state index in [2.05, 4.69) is 96.0 Å². The molecule has 0 aliphatic carbocycles. The van der Waals surface area contributed by atoms with Gasteiger partial charge in [-0.15, -0.1) is 0 Å². The Labute approximate surface area is 149 Å². The third-order valence-electron chi connectivity index (χ3n) is 4.52. The van der Waals surface area contributed by atoms with E-state index >= 15 is 0 Å². The van der Waals surface area contributed by atoms with Gasteiger partial charge in [0, 0.05) is 0 Å². The second kappa shape index (κ2) is 6.40. The predicted molar refractivity (Wildman–Crippen MR) is 109 cm³/mol. The number of hydrogen-bond donors (Lipinski definition) is 0. The van der Waals surface area contributed by atoms with E-state index in [1.165, 1.54) is 33.5 Å². The molecule has 0 amide bonds. The molecule has 0 fully saturated rings. The van der Waals surface area contributed by atoms with Crippen LogP contribution in [0.3, 0.4) is 0 Å². The van der Waals surface area contributed by atoms with E-state index in [-0.39, 0.29) is 5.41 Å². The number of rotatable bonds is 3. The Morgan fingerprint density at radius 3 is 2.08 bits per heavy atom. The molecule has 1 aromatic carbocycles. The molecule has 1 aliphatic heterocycles. The van der Waals surface area contributed by atoms with E-state index in [4.69, 9.17) is 0 Å². The highest BCUT2D eigenvalue weighted by Gasteiger charge is 2.31. The number of benzene rings is 1. The Balaban J connectivity index is 2.57. The van der Waals surface area contributed by atoms with Crippen LogP contribution in [0.1, 0.15) is 43.9 Å². The summed E-state index contributed by atoms with van der Waals surface area (Å²) in [5.41, 5.74) is 5.73. The van der Waals surface area contributed by atoms with Crippen LogP contribution in [0.4, 0.5) is 0 Å². The lowest BCUT2D eigenvalue weighted by atomic mass is 9.85. The first-order valence-electron chi connectivity index (χ1n) is 8.87. The maximum Gasteiger partial charge on any atom is 0.147 e. The van der Waals surface area contributed by atoms with E-state index in [0.717, 1.165) is 6.42 Å². The van der Waals surface area contributed by atoms with Gasteiger partial charge in [0.15, 0.2) is 0 Å². The minimum atomic E-state index is -1.42. The molecule has 0 aromatic heterocycles. The van der Waals surface area contributed by atoms with Gasteiger partial charge < -0.3 is 0 Å². The summed E-state index contributed by atoms with van der Waals surface area (Å²) < 4.78 is 2.09. The molecular formula is C22H33NSi. The molecule has 1 aromatic rings. The van der Waals surface area contributed by atoms with Gasteiger partial charge in [-0.05, 0) is 28.7 Å². The zero-order valence-electron chi connectivity index (χ0n) is 16.7. The fourth-order valence-corrected chi connectivity index (χ4v) is 5.13. The van der Waals surface area contributed by atoms with Crippen molar-refractivity contribution < 1.29 is 4.58 Å². The Hall–Kier alpha value is -1.54. The lowest BCUT2D eigenvalue weighted by Crippen LogP contribution is -2.32. The molecule has 0 radical (unpaired) electrons. The lowest BCUT2D eigenvalue weighted by molar-refractivity contribution is -0.418. The first-order chi connectivity index (χ1) is 10.9. The van der Waals surface area contributed by atoms with Crippen LogP contribution in [0.15, 0.2) is 41.2 Å². The molecule has 0 N–H and O–H groups in total. The normalized spacial score (nSPS) is 16.2. The van der Waals surface area contributed by atoms with Crippen LogP contribution in [0.25, 0.3) is 0 Å². The van der Waals surface area contributed by atoms with Crippen molar-refractivity contribution in [2.75, 3.05) is 0 Å². The average Bonchev–Trinajstić information content (AvgIpc) is 2.38. The fraction of sp³-hybridized carbons (Fsp3) is 0.455. The number of allylic oxidation sites excluding steroid dienone is 2. The van der Waals surface area contributed by atoms with Crippen molar-refractivity contribution in [2.45, 2.75) is 60.7 Å². The Kier molecular flexibility index (Phi) is 5.01. The number of hydrogen-bond acceptors (Lipinski definition) is 0.